The number of rotatable bonds is 10. The first-order valence-electron chi connectivity index (χ1n) is 17.0. The Balaban J connectivity index is 1.12. The molecule has 0 radical (unpaired) electrons. The van der Waals surface area contributed by atoms with E-state index in [4.69, 9.17) is 4.74 Å². The predicted molar refractivity (Wildman–Crippen MR) is 177 cm³/mol. The molecule has 3 aromatic rings. The smallest absolute Gasteiger partial charge is 0.376 e. The number of amides is 2. The normalized spacial score (nSPS) is 24.0. The van der Waals surface area contributed by atoms with Gasteiger partial charge in [-0.2, -0.15) is 13.2 Å². The number of alkyl halides is 3. The molecule has 9 nitrogen and oxygen atoms in total. The van der Waals surface area contributed by atoms with Crippen LogP contribution in [0.25, 0.3) is 10.9 Å². The van der Waals surface area contributed by atoms with E-state index in [1.165, 1.54) is 11.0 Å². The molecular weight excluding hydrogens is 642 g/mol. The summed E-state index contributed by atoms with van der Waals surface area (Å²) in [6.07, 6.45) is 1.84. The van der Waals surface area contributed by atoms with E-state index in [0.29, 0.717) is 62.6 Å². The lowest BCUT2D eigenvalue weighted by molar-refractivity contribution is -0.150. The van der Waals surface area contributed by atoms with Crippen molar-refractivity contribution in [2.45, 2.75) is 69.8 Å². The summed E-state index contributed by atoms with van der Waals surface area (Å²) in [5, 5.41) is 3.55. The van der Waals surface area contributed by atoms with Crippen LogP contribution in [0.5, 0.6) is 0 Å². The fourth-order valence-corrected chi connectivity index (χ4v) is 7.52. The van der Waals surface area contributed by atoms with Gasteiger partial charge in [0.2, 0.25) is 5.91 Å². The van der Waals surface area contributed by atoms with Crippen LogP contribution in [-0.4, -0.2) is 108 Å². The van der Waals surface area contributed by atoms with Gasteiger partial charge in [0.05, 0.1) is 37.3 Å². The molecule has 0 unspecified atom stereocenters. The summed E-state index contributed by atoms with van der Waals surface area (Å²) in [4.78, 5) is 46.5. The van der Waals surface area contributed by atoms with Gasteiger partial charge in [-0.05, 0) is 62.3 Å². The Bertz CT molecular complexity index is 1650. The van der Waals surface area contributed by atoms with E-state index in [-0.39, 0.29) is 47.9 Å². The van der Waals surface area contributed by atoms with E-state index in [2.05, 4.69) is 15.2 Å². The van der Waals surface area contributed by atoms with Gasteiger partial charge >= 0.3 is 6.18 Å². The minimum absolute atomic E-state index is 0.00905. The van der Waals surface area contributed by atoms with Crippen molar-refractivity contribution in [2.24, 2.45) is 5.92 Å². The number of aromatic amines is 1. The number of nitrogens with zero attached hydrogens (tertiary/aromatic N) is 3. The Labute approximate surface area is 282 Å². The van der Waals surface area contributed by atoms with E-state index in [0.717, 1.165) is 42.9 Å². The van der Waals surface area contributed by atoms with Gasteiger partial charge < -0.3 is 24.7 Å². The highest BCUT2D eigenvalue weighted by molar-refractivity contribution is 6.13. The van der Waals surface area contributed by atoms with Gasteiger partial charge in [0.25, 0.3) is 5.91 Å². The van der Waals surface area contributed by atoms with Crippen molar-refractivity contribution in [2.75, 3.05) is 51.2 Å². The van der Waals surface area contributed by atoms with Gasteiger partial charge in [-0.25, -0.2) is 4.39 Å². The zero-order valence-corrected chi connectivity index (χ0v) is 27.6. The molecular formula is C36H43F4N5O4. The molecule has 3 heterocycles. The second-order valence-corrected chi connectivity index (χ2v) is 13.7. The first-order valence-corrected chi connectivity index (χ1v) is 17.0. The van der Waals surface area contributed by atoms with E-state index in [1.807, 2.05) is 24.3 Å². The van der Waals surface area contributed by atoms with E-state index >= 15 is 4.39 Å². The average Bonchev–Trinajstić information content (AvgIpc) is 3.71. The number of benzene rings is 2. The number of likely N-dealkylation sites (tertiary alicyclic amines) is 1. The van der Waals surface area contributed by atoms with Crippen LogP contribution >= 0.6 is 0 Å². The molecule has 6 rings (SSSR count). The maximum Gasteiger partial charge on any atom is 0.401 e. The van der Waals surface area contributed by atoms with E-state index in [1.54, 1.807) is 24.1 Å². The lowest BCUT2D eigenvalue weighted by Crippen LogP contribution is -2.52. The van der Waals surface area contributed by atoms with Crippen molar-refractivity contribution in [3.63, 3.8) is 0 Å². The topological polar surface area (TPSA) is 98.0 Å². The number of ether oxygens (including phenoxy) is 1. The SMILES string of the molecule is Cc1cc(CC(=O)N2C[C@@H](N3CCN(CC(F)(F)F)CC3)C[C@H]2CO[C@H]2CC[C@H](C=O)CC2)c(F)cc1NC(=O)c1c[nH]c2ccccc12. The molecule has 264 valence electrons. The van der Waals surface area contributed by atoms with Crippen LogP contribution in [0.4, 0.5) is 23.2 Å². The number of hydrogen-bond acceptors (Lipinski definition) is 6. The number of aldehydes is 1. The zero-order chi connectivity index (χ0) is 34.7. The standard InChI is InChI=1S/C36H43F4N5O4/c1-23-14-25(31(37)17-33(23)42-35(48)30-18-41-32-5-3-2-4-29(30)32)15-34(47)45-19-26(44-12-10-43(11-13-44)22-36(38,39)40)16-27(45)21-49-28-8-6-24(20-46)7-9-28/h2-5,14,17-18,20,24,26-28,41H,6-13,15-16,19,21-22H2,1H3,(H,42,48)/t24-,26-,27-,28-/m0/s1. The number of halogens is 4. The highest BCUT2D eigenvalue weighted by Crippen LogP contribution is 2.30. The van der Waals surface area contributed by atoms with E-state index in [9.17, 15) is 27.6 Å². The summed E-state index contributed by atoms with van der Waals surface area (Å²) >= 11 is 0. The molecule has 13 heteroatoms. The number of H-pyrrole nitrogens is 1. The summed E-state index contributed by atoms with van der Waals surface area (Å²) in [5.41, 5.74) is 2.38. The molecule has 1 aromatic heterocycles. The molecule has 2 atom stereocenters. The first kappa shape index (κ1) is 35.0. The highest BCUT2D eigenvalue weighted by Gasteiger charge is 2.40. The van der Waals surface area contributed by atoms with Gasteiger partial charge in [0.1, 0.15) is 12.1 Å². The summed E-state index contributed by atoms with van der Waals surface area (Å²) in [6.45, 7) is 3.00. The van der Waals surface area contributed by atoms with Crippen molar-refractivity contribution in [1.82, 2.24) is 19.7 Å². The number of fused-ring (bicyclic) bond motifs is 1. The number of hydrogen-bond donors (Lipinski definition) is 2. The maximum absolute atomic E-state index is 15.5. The molecule has 0 bridgehead atoms. The Kier molecular flexibility index (Phi) is 10.7. The first-order chi connectivity index (χ1) is 23.5. The number of aromatic nitrogens is 1. The molecule has 3 aliphatic rings. The van der Waals surface area contributed by atoms with Crippen LogP contribution in [0, 0.1) is 18.7 Å². The highest BCUT2D eigenvalue weighted by atomic mass is 19.4. The molecule has 2 aliphatic heterocycles. The number of para-hydroxylation sites is 1. The van der Waals surface area contributed by atoms with Crippen LogP contribution in [0.15, 0.2) is 42.6 Å². The van der Waals surface area contributed by atoms with Gasteiger partial charge in [-0.3, -0.25) is 19.4 Å². The quantitative estimate of drug-likeness (QED) is 0.221. The molecule has 2 saturated heterocycles. The number of anilines is 1. The number of nitrogens with one attached hydrogen (secondary N) is 2. The van der Waals surface area contributed by atoms with Crippen molar-refractivity contribution in [3.05, 3.63) is 65.1 Å². The minimum Gasteiger partial charge on any atom is -0.376 e. The molecule has 2 aromatic carbocycles. The van der Waals surface area contributed by atoms with Crippen molar-refractivity contribution >= 4 is 34.7 Å². The fourth-order valence-electron chi connectivity index (χ4n) is 7.52. The van der Waals surface area contributed by atoms with Crippen LogP contribution in [0.1, 0.15) is 53.6 Å². The van der Waals surface area contributed by atoms with Crippen molar-refractivity contribution in [1.29, 1.82) is 0 Å². The predicted octanol–water partition coefficient (Wildman–Crippen LogP) is 5.33. The Morgan fingerprint density at radius 3 is 2.51 bits per heavy atom. The number of piperazine rings is 1. The number of carbonyl (C=O) groups excluding carboxylic acids is 3. The Morgan fingerprint density at radius 2 is 1.80 bits per heavy atom. The lowest BCUT2D eigenvalue weighted by atomic mass is 9.88. The molecule has 3 fully saturated rings. The molecule has 1 aliphatic carbocycles. The molecule has 0 spiro atoms. The third-order valence-electron chi connectivity index (χ3n) is 10.3. The molecule has 2 amide bonds. The molecule has 2 N–H and O–H groups in total. The van der Waals surface area contributed by atoms with Crippen LogP contribution in [0.3, 0.4) is 0 Å². The van der Waals surface area contributed by atoms with Crippen LogP contribution in [-0.2, 0) is 20.7 Å². The largest absolute Gasteiger partial charge is 0.401 e. The minimum atomic E-state index is -4.25. The summed E-state index contributed by atoms with van der Waals surface area (Å²) in [5.74, 6) is -1.19. The average molecular weight is 686 g/mol. The Hall–Kier alpha value is -3.81. The second kappa shape index (κ2) is 15.0. The molecule has 49 heavy (non-hydrogen) atoms. The third-order valence-corrected chi connectivity index (χ3v) is 10.3. The van der Waals surface area contributed by atoms with Crippen LogP contribution < -0.4 is 5.32 Å². The van der Waals surface area contributed by atoms with Gasteiger partial charge in [-0.15, -0.1) is 0 Å². The molecule has 1 saturated carbocycles. The summed E-state index contributed by atoms with van der Waals surface area (Å²) in [6, 6.07) is 9.90. The van der Waals surface area contributed by atoms with E-state index < -0.39 is 18.5 Å². The van der Waals surface area contributed by atoms with Crippen LogP contribution in [0.2, 0.25) is 0 Å². The van der Waals surface area contributed by atoms with Crippen molar-refractivity contribution in [3.8, 4) is 0 Å². The number of carbonyl (C=O) groups is 3. The second-order valence-electron chi connectivity index (χ2n) is 13.7. The van der Waals surface area contributed by atoms with Gasteiger partial charge in [-0.1, -0.05) is 24.3 Å². The lowest BCUT2D eigenvalue weighted by Gasteiger charge is -2.38. The number of aryl methyl sites for hydroxylation is 1. The Morgan fingerprint density at radius 1 is 1.06 bits per heavy atom. The summed E-state index contributed by atoms with van der Waals surface area (Å²) < 4.78 is 60.7. The third kappa shape index (κ3) is 8.50. The van der Waals surface area contributed by atoms with Crippen molar-refractivity contribution < 1.29 is 36.7 Å². The maximum atomic E-state index is 15.5. The monoisotopic (exact) mass is 685 g/mol. The van der Waals surface area contributed by atoms with Gasteiger partial charge in [0.15, 0.2) is 0 Å². The zero-order valence-electron chi connectivity index (χ0n) is 27.6. The van der Waals surface area contributed by atoms with Gasteiger partial charge in [0, 0.05) is 67.5 Å². The summed E-state index contributed by atoms with van der Waals surface area (Å²) in [7, 11) is 0. The fraction of sp³-hybridized carbons (Fsp3) is 0.528.